The van der Waals surface area contributed by atoms with Crippen LogP contribution in [0.25, 0.3) is 0 Å². The van der Waals surface area contributed by atoms with E-state index in [0.29, 0.717) is 0 Å². The third-order valence-electron chi connectivity index (χ3n) is 2.16. The number of benzene rings is 1. The van der Waals surface area contributed by atoms with Crippen molar-refractivity contribution in [1.29, 1.82) is 0 Å². The van der Waals surface area contributed by atoms with Gasteiger partial charge in [0.15, 0.2) is 0 Å². The molecule has 0 unspecified atom stereocenters. The number of hydrogen-bond acceptors (Lipinski definition) is 5. The smallest absolute Gasteiger partial charge is 0.478 e. The van der Waals surface area contributed by atoms with Crippen LogP contribution in [0, 0.1) is 0 Å². The second-order valence-electron chi connectivity index (χ2n) is 6.87. The number of hydrogen-bond donors (Lipinski definition) is 2. The van der Waals surface area contributed by atoms with E-state index in [1.807, 2.05) is 0 Å². The van der Waals surface area contributed by atoms with E-state index < -0.39 is 29.3 Å². The highest BCUT2D eigenvalue weighted by Gasteiger charge is 2.22. The summed E-state index contributed by atoms with van der Waals surface area (Å²) in [7, 11) is 0. The first-order chi connectivity index (χ1) is 10.7. The number of rotatable bonds is 2. The number of carbonyl (C=O) groups excluding carboxylic acids is 1. The van der Waals surface area contributed by atoms with E-state index in [1.54, 1.807) is 41.5 Å². The minimum absolute atomic E-state index is 0.0833. The Morgan fingerprint density at radius 2 is 0.958 bits per heavy atom. The molecule has 0 aliphatic heterocycles. The zero-order chi connectivity index (χ0) is 19.1. The van der Waals surface area contributed by atoms with E-state index in [0.717, 1.165) is 0 Å². The molecule has 0 heterocycles. The van der Waals surface area contributed by atoms with Gasteiger partial charge in [0.05, 0.1) is 11.1 Å². The summed E-state index contributed by atoms with van der Waals surface area (Å²) in [5.74, 6) is -2.13. The summed E-state index contributed by atoms with van der Waals surface area (Å²) in [6.45, 7) is 10.8. The fourth-order valence-electron chi connectivity index (χ4n) is 1.28. The maximum atomic E-state index is 11.0. The van der Waals surface area contributed by atoms with Crippen molar-refractivity contribution in [2.24, 2.45) is 0 Å². The van der Waals surface area contributed by atoms with E-state index in [9.17, 15) is 14.4 Å². The molecule has 0 saturated carbocycles. The molecule has 7 nitrogen and oxygen atoms in total. The SMILES string of the molecule is CC(C)(C)OC(=O)OC(C)(C)C.O=C(O)c1ccc(C(=O)O)cc1. The van der Waals surface area contributed by atoms with E-state index in [4.69, 9.17) is 19.7 Å². The van der Waals surface area contributed by atoms with E-state index in [-0.39, 0.29) is 11.1 Å². The van der Waals surface area contributed by atoms with Crippen molar-refractivity contribution in [2.75, 3.05) is 0 Å². The van der Waals surface area contributed by atoms with Gasteiger partial charge in [-0.1, -0.05) is 0 Å². The molecule has 0 amide bonds. The quantitative estimate of drug-likeness (QED) is 0.787. The molecular weight excluding hydrogens is 316 g/mol. The maximum absolute atomic E-state index is 11.0. The van der Waals surface area contributed by atoms with Crippen molar-refractivity contribution in [3.63, 3.8) is 0 Å². The first-order valence-electron chi connectivity index (χ1n) is 7.20. The van der Waals surface area contributed by atoms with Crippen molar-refractivity contribution < 1.29 is 34.1 Å². The molecule has 0 aromatic heterocycles. The molecule has 0 atom stereocenters. The van der Waals surface area contributed by atoms with Gasteiger partial charge in [0.1, 0.15) is 11.2 Å². The molecule has 2 N–H and O–H groups in total. The molecule has 0 aliphatic rings. The molecule has 1 aromatic carbocycles. The Balaban J connectivity index is 0.000000441. The highest BCUT2D eigenvalue weighted by molar-refractivity contribution is 5.91. The Morgan fingerprint density at radius 3 is 1.12 bits per heavy atom. The van der Waals surface area contributed by atoms with Crippen molar-refractivity contribution >= 4 is 18.1 Å². The van der Waals surface area contributed by atoms with Crippen LogP contribution in [-0.4, -0.2) is 39.5 Å². The van der Waals surface area contributed by atoms with Crippen LogP contribution >= 0.6 is 0 Å². The van der Waals surface area contributed by atoms with Crippen molar-refractivity contribution in [3.8, 4) is 0 Å². The summed E-state index contributed by atoms with van der Waals surface area (Å²) in [6.07, 6.45) is -0.616. The van der Waals surface area contributed by atoms with Crippen molar-refractivity contribution in [2.45, 2.75) is 52.7 Å². The predicted molar refractivity (Wildman–Crippen MR) is 87.4 cm³/mol. The normalized spacial score (nSPS) is 10.9. The van der Waals surface area contributed by atoms with Crippen LogP contribution in [0.4, 0.5) is 4.79 Å². The molecule has 1 aromatic rings. The van der Waals surface area contributed by atoms with Crippen LogP contribution < -0.4 is 0 Å². The molecule has 0 spiro atoms. The number of ether oxygens (including phenoxy) is 2. The minimum Gasteiger partial charge on any atom is -0.478 e. The van der Waals surface area contributed by atoms with Gasteiger partial charge in [-0.2, -0.15) is 0 Å². The number of carboxylic acids is 2. The molecule has 24 heavy (non-hydrogen) atoms. The molecule has 0 bridgehead atoms. The third kappa shape index (κ3) is 10.2. The topological polar surface area (TPSA) is 110 Å². The highest BCUT2D eigenvalue weighted by Crippen LogP contribution is 2.13. The van der Waals surface area contributed by atoms with Gasteiger partial charge in [0.2, 0.25) is 0 Å². The number of aromatic carboxylic acids is 2. The molecule has 0 saturated heterocycles. The monoisotopic (exact) mass is 340 g/mol. The minimum atomic E-state index is -1.06. The summed E-state index contributed by atoms with van der Waals surface area (Å²) in [4.78, 5) is 31.7. The lowest BCUT2D eigenvalue weighted by Gasteiger charge is -2.24. The van der Waals surface area contributed by atoms with Gasteiger partial charge < -0.3 is 19.7 Å². The molecule has 1 rings (SSSR count). The Kier molecular flexibility index (Phi) is 7.44. The highest BCUT2D eigenvalue weighted by atomic mass is 16.7. The Bertz CT molecular complexity index is 523. The van der Waals surface area contributed by atoms with Crippen molar-refractivity contribution in [3.05, 3.63) is 35.4 Å². The third-order valence-corrected chi connectivity index (χ3v) is 2.16. The lowest BCUT2D eigenvalue weighted by molar-refractivity contribution is -0.0468. The van der Waals surface area contributed by atoms with Gasteiger partial charge in [-0.15, -0.1) is 0 Å². The first-order valence-corrected chi connectivity index (χ1v) is 7.20. The fourth-order valence-corrected chi connectivity index (χ4v) is 1.28. The summed E-state index contributed by atoms with van der Waals surface area (Å²) >= 11 is 0. The largest absolute Gasteiger partial charge is 0.509 e. The molecular formula is C17H24O7. The van der Waals surface area contributed by atoms with E-state index >= 15 is 0 Å². The van der Waals surface area contributed by atoms with Crippen LogP contribution in [0.5, 0.6) is 0 Å². The second-order valence-corrected chi connectivity index (χ2v) is 6.87. The Hall–Kier alpha value is -2.57. The number of carboxylic acid groups (broad SMARTS) is 2. The zero-order valence-corrected chi connectivity index (χ0v) is 14.7. The average Bonchev–Trinajstić information content (AvgIpc) is 2.34. The molecule has 7 heteroatoms. The lowest BCUT2D eigenvalue weighted by atomic mass is 10.1. The maximum Gasteiger partial charge on any atom is 0.509 e. The average molecular weight is 340 g/mol. The van der Waals surface area contributed by atoms with E-state index in [1.165, 1.54) is 24.3 Å². The summed E-state index contributed by atoms with van der Waals surface area (Å²) < 4.78 is 9.91. The first kappa shape index (κ1) is 21.4. The van der Waals surface area contributed by atoms with Gasteiger partial charge in [-0.3, -0.25) is 0 Å². The standard InChI is InChI=1S/C9H18O3.C8H6O4/c1-8(2,3)11-7(10)12-9(4,5)6;9-7(10)5-1-2-6(4-3-5)8(11)12/h1-6H3;1-4H,(H,9,10)(H,11,12). The summed E-state index contributed by atoms with van der Waals surface area (Å²) in [5, 5.41) is 16.9. The molecule has 0 radical (unpaired) electrons. The second kappa shape index (κ2) is 8.33. The molecule has 0 aliphatic carbocycles. The van der Waals surface area contributed by atoms with Crippen LogP contribution in [0.15, 0.2) is 24.3 Å². The Labute approximate surface area is 141 Å². The lowest BCUT2D eigenvalue weighted by Crippen LogP contribution is -2.30. The number of carbonyl (C=O) groups is 3. The van der Waals surface area contributed by atoms with Gasteiger partial charge in [-0.25, -0.2) is 14.4 Å². The molecule has 0 fully saturated rings. The van der Waals surface area contributed by atoms with Crippen LogP contribution in [0.2, 0.25) is 0 Å². The zero-order valence-electron chi connectivity index (χ0n) is 14.7. The van der Waals surface area contributed by atoms with Gasteiger partial charge in [0.25, 0.3) is 0 Å². The molecule has 134 valence electrons. The summed E-state index contributed by atoms with van der Waals surface area (Å²) in [6, 6.07) is 5.02. The van der Waals surface area contributed by atoms with Crippen LogP contribution in [0.1, 0.15) is 62.3 Å². The van der Waals surface area contributed by atoms with Crippen molar-refractivity contribution in [1.82, 2.24) is 0 Å². The van der Waals surface area contributed by atoms with E-state index in [2.05, 4.69) is 0 Å². The predicted octanol–water partition coefficient (Wildman–Crippen LogP) is 3.82. The van der Waals surface area contributed by atoms with Crippen LogP contribution in [0.3, 0.4) is 0 Å². The van der Waals surface area contributed by atoms with Gasteiger partial charge in [-0.05, 0) is 65.8 Å². The van der Waals surface area contributed by atoms with Gasteiger partial charge >= 0.3 is 18.1 Å². The Morgan fingerprint density at radius 1 is 0.708 bits per heavy atom. The summed E-state index contributed by atoms with van der Waals surface area (Å²) in [5.41, 5.74) is -0.801. The van der Waals surface area contributed by atoms with Gasteiger partial charge in [0, 0.05) is 0 Å². The van der Waals surface area contributed by atoms with Crippen LogP contribution in [-0.2, 0) is 9.47 Å². The fraction of sp³-hybridized carbons (Fsp3) is 0.471.